The zero-order valence-corrected chi connectivity index (χ0v) is 10.4. The smallest absolute Gasteiger partial charge is 0.169 e. The summed E-state index contributed by atoms with van der Waals surface area (Å²) in [7, 11) is 0. The van der Waals surface area contributed by atoms with E-state index in [2.05, 4.69) is 9.97 Å². The number of H-pyrrole nitrogens is 1. The Balaban J connectivity index is 1.95. The topological polar surface area (TPSA) is 45.8 Å². The molecular formula is C15H10F2N2O. The number of ketones is 1. The molecule has 1 aromatic carbocycles. The Hall–Kier alpha value is -2.56. The molecule has 100 valence electrons. The van der Waals surface area contributed by atoms with Crippen LogP contribution in [-0.2, 0) is 6.42 Å². The number of nitrogens with one attached hydrogen (secondary N) is 1. The molecule has 3 nitrogen and oxygen atoms in total. The van der Waals surface area contributed by atoms with Crippen LogP contribution >= 0.6 is 0 Å². The van der Waals surface area contributed by atoms with E-state index in [9.17, 15) is 13.6 Å². The quantitative estimate of drug-likeness (QED) is 0.744. The van der Waals surface area contributed by atoms with Crippen molar-refractivity contribution in [1.82, 2.24) is 9.97 Å². The standard InChI is InChI=1S/C15H10F2N2O/c16-12-5-1-3-9(14(12)17)7-13(20)11-8-19-15-10(11)4-2-6-18-15/h1-6,8H,7H2,(H,18,19). The first kappa shape index (κ1) is 12.5. The van der Waals surface area contributed by atoms with Crippen molar-refractivity contribution < 1.29 is 13.6 Å². The molecule has 0 spiro atoms. The number of carbonyl (C=O) groups is 1. The fourth-order valence-corrected chi connectivity index (χ4v) is 2.14. The molecule has 5 heteroatoms. The van der Waals surface area contributed by atoms with Crippen LogP contribution in [0.3, 0.4) is 0 Å². The second-order valence-corrected chi connectivity index (χ2v) is 4.41. The summed E-state index contributed by atoms with van der Waals surface area (Å²) in [6.07, 6.45) is 2.96. The summed E-state index contributed by atoms with van der Waals surface area (Å²) in [6.45, 7) is 0. The molecule has 0 saturated heterocycles. The van der Waals surface area contributed by atoms with Crippen molar-refractivity contribution in [2.45, 2.75) is 6.42 Å². The zero-order chi connectivity index (χ0) is 14.1. The van der Waals surface area contributed by atoms with E-state index in [0.29, 0.717) is 16.6 Å². The molecule has 0 amide bonds. The third-order valence-corrected chi connectivity index (χ3v) is 3.13. The summed E-state index contributed by atoms with van der Waals surface area (Å²) in [5.74, 6) is -2.21. The van der Waals surface area contributed by atoms with Gasteiger partial charge < -0.3 is 4.98 Å². The first-order valence-corrected chi connectivity index (χ1v) is 6.05. The summed E-state index contributed by atoms with van der Waals surface area (Å²) in [4.78, 5) is 19.2. The molecule has 3 rings (SSSR count). The van der Waals surface area contributed by atoms with Crippen LogP contribution in [-0.4, -0.2) is 15.8 Å². The van der Waals surface area contributed by atoms with E-state index in [1.54, 1.807) is 18.3 Å². The summed E-state index contributed by atoms with van der Waals surface area (Å²) in [5.41, 5.74) is 1.07. The van der Waals surface area contributed by atoms with Gasteiger partial charge in [-0.25, -0.2) is 13.8 Å². The van der Waals surface area contributed by atoms with E-state index in [1.165, 1.54) is 18.3 Å². The Kier molecular flexibility index (Phi) is 3.02. The average molecular weight is 272 g/mol. The first-order chi connectivity index (χ1) is 9.66. The van der Waals surface area contributed by atoms with Gasteiger partial charge in [-0.05, 0) is 23.8 Å². The van der Waals surface area contributed by atoms with Crippen molar-refractivity contribution in [3.05, 3.63) is 65.5 Å². The number of Topliss-reactive ketones (excluding diaryl/α,β-unsaturated/α-hetero) is 1. The average Bonchev–Trinajstić information content (AvgIpc) is 2.88. The van der Waals surface area contributed by atoms with Crippen molar-refractivity contribution in [2.24, 2.45) is 0 Å². The van der Waals surface area contributed by atoms with Crippen LogP contribution in [0.5, 0.6) is 0 Å². The lowest BCUT2D eigenvalue weighted by molar-refractivity contribution is 0.0993. The maximum Gasteiger partial charge on any atom is 0.169 e. The highest BCUT2D eigenvalue weighted by Gasteiger charge is 2.16. The molecule has 1 N–H and O–H groups in total. The lowest BCUT2D eigenvalue weighted by Gasteiger charge is -2.03. The Morgan fingerprint density at radius 1 is 1.20 bits per heavy atom. The number of pyridine rings is 1. The molecule has 0 aliphatic heterocycles. The molecule has 2 heterocycles. The van der Waals surface area contributed by atoms with Gasteiger partial charge in [-0.2, -0.15) is 0 Å². The van der Waals surface area contributed by atoms with Crippen molar-refractivity contribution in [2.75, 3.05) is 0 Å². The van der Waals surface area contributed by atoms with Crippen LogP contribution in [0.4, 0.5) is 8.78 Å². The molecule has 0 saturated carbocycles. The van der Waals surface area contributed by atoms with E-state index in [-0.39, 0.29) is 17.8 Å². The third-order valence-electron chi connectivity index (χ3n) is 3.13. The van der Waals surface area contributed by atoms with Crippen molar-refractivity contribution >= 4 is 16.8 Å². The number of carbonyl (C=O) groups excluding carboxylic acids is 1. The van der Waals surface area contributed by atoms with Gasteiger partial charge in [0, 0.05) is 29.8 Å². The Morgan fingerprint density at radius 3 is 2.90 bits per heavy atom. The number of aromatic nitrogens is 2. The van der Waals surface area contributed by atoms with Gasteiger partial charge in [0.25, 0.3) is 0 Å². The highest BCUT2D eigenvalue weighted by Crippen LogP contribution is 2.19. The molecule has 0 bridgehead atoms. The van der Waals surface area contributed by atoms with E-state index >= 15 is 0 Å². The van der Waals surface area contributed by atoms with E-state index in [0.717, 1.165) is 6.07 Å². The number of fused-ring (bicyclic) bond motifs is 1. The molecule has 0 radical (unpaired) electrons. The highest BCUT2D eigenvalue weighted by molar-refractivity contribution is 6.07. The minimum atomic E-state index is -0.973. The number of aromatic amines is 1. The number of rotatable bonds is 3. The highest BCUT2D eigenvalue weighted by atomic mass is 19.2. The van der Waals surface area contributed by atoms with E-state index in [4.69, 9.17) is 0 Å². The van der Waals surface area contributed by atoms with Gasteiger partial charge in [0.2, 0.25) is 0 Å². The first-order valence-electron chi connectivity index (χ1n) is 6.05. The van der Waals surface area contributed by atoms with Crippen LogP contribution in [0.2, 0.25) is 0 Å². The van der Waals surface area contributed by atoms with Gasteiger partial charge in [-0.1, -0.05) is 12.1 Å². The monoisotopic (exact) mass is 272 g/mol. The minimum absolute atomic E-state index is 0.0493. The predicted molar refractivity (Wildman–Crippen MR) is 70.5 cm³/mol. The molecule has 0 aliphatic carbocycles. The van der Waals surface area contributed by atoms with Gasteiger partial charge in [-0.15, -0.1) is 0 Å². The van der Waals surface area contributed by atoms with Crippen molar-refractivity contribution in [3.8, 4) is 0 Å². The lowest BCUT2D eigenvalue weighted by atomic mass is 10.0. The zero-order valence-electron chi connectivity index (χ0n) is 10.4. The second-order valence-electron chi connectivity index (χ2n) is 4.41. The predicted octanol–water partition coefficient (Wildman–Crippen LogP) is 3.27. The fourth-order valence-electron chi connectivity index (χ4n) is 2.14. The molecule has 0 unspecified atom stereocenters. The minimum Gasteiger partial charge on any atom is -0.345 e. The summed E-state index contributed by atoms with van der Waals surface area (Å²) in [5, 5.41) is 0.675. The second kappa shape index (κ2) is 4.85. The van der Waals surface area contributed by atoms with Crippen LogP contribution in [0.25, 0.3) is 11.0 Å². The number of halogens is 2. The number of hydrogen-bond donors (Lipinski definition) is 1. The Morgan fingerprint density at radius 2 is 2.05 bits per heavy atom. The normalized spacial score (nSPS) is 10.9. The van der Waals surface area contributed by atoms with Gasteiger partial charge in [0.05, 0.1) is 0 Å². The largest absolute Gasteiger partial charge is 0.345 e. The van der Waals surface area contributed by atoms with Crippen LogP contribution < -0.4 is 0 Å². The van der Waals surface area contributed by atoms with Crippen molar-refractivity contribution in [1.29, 1.82) is 0 Å². The summed E-state index contributed by atoms with van der Waals surface area (Å²) in [6, 6.07) is 7.30. The van der Waals surface area contributed by atoms with E-state index in [1.807, 2.05) is 0 Å². The Bertz CT molecular complexity index is 795. The number of hydrogen-bond acceptors (Lipinski definition) is 2. The van der Waals surface area contributed by atoms with Crippen LogP contribution in [0.15, 0.2) is 42.7 Å². The summed E-state index contributed by atoms with van der Waals surface area (Å²) >= 11 is 0. The SMILES string of the molecule is O=C(Cc1cccc(F)c1F)c1c[nH]c2ncccc12. The molecule has 2 aromatic heterocycles. The maximum atomic E-state index is 13.6. The Labute approximate surface area is 113 Å². The van der Waals surface area contributed by atoms with Crippen molar-refractivity contribution in [3.63, 3.8) is 0 Å². The molecule has 3 aromatic rings. The molecule has 0 atom stereocenters. The summed E-state index contributed by atoms with van der Waals surface area (Å²) < 4.78 is 26.7. The van der Waals surface area contributed by atoms with Gasteiger partial charge in [0.15, 0.2) is 17.4 Å². The third kappa shape index (κ3) is 2.07. The lowest BCUT2D eigenvalue weighted by Crippen LogP contribution is -2.05. The van der Waals surface area contributed by atoms with Crippen LogP contribution in [0.1, 0.15) is 15.9 Å². The molecule has 20 heavy (non-hydrogen) atoms. The molecule has 0 fully saturated rings. The molecular weight excluding hydrogens is 262 g/mol. The van der Waals surface area contributed by atoms with Gasteiger partial charge >= 0.3 is 0 Å². The van der Waals surface area contributed by atoms with Gasteiger partial charge in [0.1, 0.15) is 5.65 Å². The van der Waals surface area contributed by atoms with E-state index < -0.39 is 11.6 Å². The number of nitrogens with zero attached hydrogens (tertiary/aromatic N) is 1. The van der Waals surface area contributed by atoms with Gasteiger partial charge in [-0.3, -0.25) is 4.79 Å². The molecule has 0 aliphatic rings. The van der Waals surface area contributed by atoms with Crippen LogP contribution in [0, 0.1) is 11.6 Å². The number of benzene rings is 1. The fraction of sp³-hybridized carbons (Fsp3) is 0.0667. The maximum absolute atomic E-state index is 13.6.